The Bertz CT molecular complexity index is 303. The maximum atomic E-state index is 10.2. The van der Waals surface area contributed by atoms with Crippen LogP contribution in [0.15, 0.2) is 24.3 Å². The van der Waals surface area contributed by atoms with Crippen LogP contribution in [0.3, 0.4) is 0 Å². The van der Waals surface area contributed by atoms with Gasteiger partial charge in [0.05, 0.1) is 0 Å². The van der Waals surface area contributed by atoms with Crippen molar-refractivity contribution in [1.82, 2.24) is 0 Å². The number of carbonyl (C=O) groups is 1. The van der Waals surface area contributed by atoms with E-state index in [2.05, 4.69) is 25.0 Å². The molecule has 0 heterocycles. The minimum absolute atomic E-state index is 0.661. The minimum atomic E-state index is -1.52. The molecule has 0 unspecified atom stereocenters. The summed E-state index contributed by atoms with van der Waals surface area (Å²) in [5, 5.41) is 2.57. The van der Waals surface area contributed by atoms with Gasteiger partial charge in [0.25, 0.3) is 0 Å². The zero-order valence-corrected chi connectivity index (χ0v) is 9.70. The Hall–Kier alpha value is -1.29. The summed E-state index contributed by atoms with van der Waals surface area (Å²) in [5.74, 6) is 0.862. The van der Waals surface area contributed by atoms with Crippen LogP contribution >= 0.6 is 0 Å². The summed E-state index contributed by atoms with van der Waals surface area (Å²) in [6, 6.07) is 7.38. The summed E-state index contributed by atoms with van der Waals surface area (Å²) >= 11 is 0. The van der Waals surface area contributed by atoms with E-state index in [9.17, 15) is 4.79 Å². The third-order valence-corrected chi connectivity index (χ3v) is 2.35. The Morgan fingerprint density at radius 3 is 2.21 bits per heavy atom. The summed E-state index contributed by atoms with van der Waals surface area (Å²) in [4.78, 5) is 10.2. The highest BCUT2D eigenvalue weighted by Crippen LogP contribution is 2.18. The van der Waals surface area contributed by atoms with Gasteiger partial charge in [-0.15, -0.1) is 0 Å². The summed E-state index contributed by atoms with van der Waals surface area (Å²) in [6.07, 6.45) is 0.661. The van der Waals surface area contributed by atoms with E-state index in [1.807, 2.05) is 24.3 Å². The molecule has 0 aromatic heterocycles. The van der Waals surface area contributed by atoms with Crippen LogP contribution in [-0.4, -0.2) is 14.7 Å². The first-order valence-corrected chi connectivity index (χ1v) is 7.91. The number of rotatable bonds is 4. The molecule has 0 saturated heterocycles. The lowest BCUT2D eigenvalue weighted by atomic mass is 10.3. The fraction of sp³-hybridized carbons (Fsp3) is 0.300. The SMILES string of the molecule is C[Si](C)(C)Oc1ccc(NC=O)cc1. The average Bonchev–Trinajstić information content (AvgIpc) is 2.06. The number of anilines is 1. The number of hydrogen-bond acceptors (Lipinski definition) is 2. The van der Waals surface area contributed by atoms with Crippen molar-refractivity contribution in [2.45, 2.75) is 19.6 Å². The number of carbonyl (C=O) groups excluding carboxylic acids is 1. The van der Waals surface area contributed by atoms with Crippen molar-refractivity contribution in [3.05, 3.63) is 24.3 Å². The molecular weight excluding hydrogens is 194 g/mol. The van der Waals surface area contributed by atoms with Crippen molar-refractivity contribution in [3.63, 3.8) is 0 Å². The lowest BCUT2D eigenvalue weighted by Gasteiger charge is -2.19. The van der Waals surface area contributed by atoms with Gasteiger partial charge in [-0.25, -0.2) is 0 Å². The third-order valence-electron chi connectivity index (χ3n) is 1.50. The van der Waals surface area contributed by atoms with Crippen molar-refractivity contribution < 1.29 is 9.22 Å². The van der Waals surface area contributed by atoms with E-state index >= 15 is 0 Å². The first-order valence-electron chi connectivity index (χ1n) is 4.50. The molecule has 1 aromatic rings. The molecule has 14 heavy (non-hydrogen) atoms. The predicted molar refractivity (Wildman–Crippen MR) is 60.1 cm³/mol. The molecule has 0 atom stereocenters. The van der Waals surface area contributed by atoms with E-state index in [1.165, 1.54) is 0 Å². The van der Waals surface area contributed by atoms with Crippen molar-refractivity contribution in [2.24, 2.45) is 0 Å². The average molecular weight is 209 g/mol. The molecule has 4 heteroatoms. The number of amides is 1. The van der Waals surface area contributed by atoms with Gasteiger partial charge in [-0.3, -0.25) is 4.79 Å². The Labute approximate surface area is 85.2 Å². The van der Waals surface area contributed by atoms with E-state index in [-0.39, 0.29) is 0 Å². The van der Waals surface area contributed by atoms with Crippen LogP contribution in [0.5, 0.6) is 5.75 Å². The second kappa shape index (κ2) is 4.28. The first kappa shape index (κ1) is 10.8. The molecule has 0 radical (unpaired) electrons. The summed E-state index contributed by atoms with van der Waals surface area (Å²) in [6.45, 7) is 6.39. The molecule has 1 aromatic carbocycles. The number of nitrogens with one attached hydrogen (secondary N) is 1. The smallest absolute Gasteiger partial charge is 0.242 e. The van der Waals surface area contributed by atoms with E-state index in [4.69, 9.17) is 4.43 Å². The fourth-order valence-electron chi connectivity index (χ4n) is 1.04. The van der Waals surface area contributed by atoms with Crippen LogP contribution in [-0.2, 0) is 4.79 Å². The Morgan fingerprint density at radius 1 is 1.21 bits per heavy atom. The number of hydrogen-bond donors (Lipinski definition) is 1. The highest BCUT2D eigenvalue weighted by molar-refractivity contribution is 6.70. The van der Waals surface area contributed by atoms with Gasteiger partial charge in [0.1, 0.15) is 5.75 Å². The van der Waals surface area contributed by atoms with Crippen LogP contribution in [0, 0.1) is 0 Å². The standard InChI is InChI=1S/C10H15NO2Si/c1-14(2,3)13-10-6-4-9(5-7-10)11-8-12/h4-8H,1-3H3,(H,11,12). The minimum Gasteiger partial charge on any atom is -0.544 e. The van der Waals surface area contributed by atoms with Gasteiger partial charge in [0.2, 0.25) is 14.7 Å². The molecule has 0 spiro atoms. The molecule has 76 valence electrons. The van der Waals surface area contributed by atoms with E-state index in [1.54, 1.807) is 0 Å². The van der Waals surface area contributed by atoms with Gasteiger partial charge >= 0.3 is 0 Å². The highest BCUT2D eigenvalue weighted by atomic mass is 28.4. The molecule has 0 bridgehead atoms. The maximum Gasteiger partial charge on any atom is 0.242 e. The molecule has 0 saturated carbocycles. The molecule has 1 amide bonds. The lowest BCUT2D eigenvalue weighted by Crippen LogP contribution is -2.29. The number of benzene rings is 1. The van der Waals surface area contributed by atoms with Crippen LogP contribution in [0.2, 0.25) is 19.6 Å². The van der Waals surface area contributed by atoms with Crippen molar-refractivity contribution in [1.29, 1.82) is 0 Å². The summed E-state index contributed by atoms with van der Waals surface area (Å²) in [7, 11) is -1.52. The normalized spacial score (nSPS) is 10.8. The highest BCUT2D eigenvalue weighted by Gasteiger charge is 2.15. The summed E-state index contributed by atoms with van der Waals surface area (Å²) < 4.78 is 5.76. The van der Waals surface area contributed by atoms with Gasteiger partial charge in [0.15, 0.2) is 0 Å². The second-order valence-electron chi connectivity index (χ2n) is 4.00. The quantitative estimate of drug-likeness (QED) is 0.611. The van der Waals surface area contributed by atoms with Gasteiger partial charge in [-0.2, -0.15) is 0 Å². The zero-order valence-electron chi connectivity index (χ0n) is 8.70. The molecular formula is C10H15NO2Si. The molecule has 1 rings (SSSR count). The van der Waals surface area contributed by atoms with Crippen molar-refractivity contribution in [2.75, 3.05) is 5.32 Å². The largest absolute Gasteiger partial charge is 0.544 e. The molecule has 1 N–H and O–H groups in total. The molecule has 0 aliphatic heterocycles. The maximum absolute atomic E-state index is 10.2. The van der Waals surface area contributed by atoms with Crippen LogP contribution in [0.25, 0.3) is 0 Å². The van der Waals surface area contributed by atoms with E-state index in [0.717, 1.165) is 11.4 Å². The van der Waals surface area contributed by atoms with E-state index < -0.39 is 8.32 Å². The van der Waals surface area contributed by atoms with Gasteiger partial charge in [-0.1, -0.05) is 0 Å². The van der Waals surface area contributed by atoms with Crippen LogP contribution in [0.1, 0.15) is 0 Å². The molecule has 0 fully saturated rings. The second-order valence-corrected chi connectivity index (χ2v) is 8.43. The summed E-state index contributed by atoms with van der Waals surface area (Å²) in [5.41, 5.74) is 0.780. The molecule has 3 nitrogen and oxygen atoms in total. The predicted octanol–water partition coefficient (Wildman–Crippen LogP) is 2.47. The van der Waals surface area contributed by atoms with Gasteiger partial charge in [-0.05, 0) is 43.9 Å². The third kappa shape index (κ3) is 3.61. The fourth-order valence-corrected chi connectivity index (χ4v) is 1.88. The van der Waals surface area contributed by atoms with Crippen molar-refractivity contribution >= 4 is 20.4 Å². The lowest BCUT2D eigenvalue weighted by molar-refractivity contribution is -0.105. The monoisotopic (exact) mass is 209 g/mol. The van der Waals surface area contributed by atoms with E-state index in [0.29, 0.717) is 6.41 Å². The topological polar surface area (TPSA) is 38.3 Å². The Kier molecular flexibility index (Phi) is 3.30. The molecule has 0 aliphatic carbocycles. The first-order chi connectivity index (χ1) is 6.51. The Morgan fingerprint density at radius 2 is 1.79 bits per heavy atom. The van der Waals surface area contributed by atoms with Crippen LogP contribution < -0.4 is 9.74 Å². The van der Waals surface area contributed by atoms with Crippen LogP contribution in [0.4, 0.5) is 5.69 Å². The van der Waals surface area contributed by atoms with Crippen molar-refractivity contribution in [3.8, 4) is 5.75 Å². The van der Waals surface area contributed by atoms with Gasteiger partial charge in [0, 0.05) is 5.69 Å². The molecule has 0 aliphatic rings. The zero-order chi connectivity index (χ0) is 10.6. The van der Waals surface area contributed by atoms with Gasteiger partial charge < -0.3 is 9.74 Å². The Balaban J connectivity index is 2.68.